The Labute approximate surface area is 160 Å². The van der Waals surface area contributed by atoms with Gasteiger partial charge in [0.2, 0.25) is 0 Å². The van der Waals surface area contributed by atoms with Gasteiger partial charge in [-0.3, -0.25) is 4.98 Å². The first-order chi connectivity index (χ1) is 13.5. The molecule has 28 heavy (non-hydrogen) atoms. The minimum atomic E-state index is -4.55. The van der Waals surface area contributed by atoms with Gasteiger partial charge in [-0.2, -0.15) is 18.4 Å². The van der Waals surface area contributed by atoms with E-state index in [0.717, 1.165) is 29.2 Å². The number of alkyl halides is 3. The Morgan fingerprint density at radius 1 is 0.929 bits per heavy atom. The largest absolute Gasteiger partial charge is 0.417 e. The number of anilines is 1. The third-order valence-electron chi connectivity index (χ3n) is 5.03. The fraction of sp³-hybridized carbons (Fsp3) is 0.182. The lowest BCUT2D eigenvalue weighted by Gasteiger charge is -2.31. The number of nitrogens with zero attached hydrogens (tertiary/aromatic N) is 3. The molecule has 0 saturated carbocycles. The summed E-state index contributed by atoms with van der Waals surface area (Å²) in [6, 6.07) is 15.6. The summed E-state index contributed by atoms with van der Waals surface area (Å²) in [7, 11) is 0. The van der Waals surface area contributed by atoms with Crippen LogP contribution in [0.4, 0.5) is 18.9 Å². The van der Waals surface area contributed by atoms with Gasteiger partial charge in [-0.25, -0.2) is 0 Å². The summed E-state index contributed by atoms with van der Waals surface area (Å²) in [6.07, 6.45) is -0.302. The van der Waals surface area contributed by atoms with E-state index in [1.165, 1.54) is 11.6 Å². The van der Waals surface area contributed by atoms with E-state index in [4.69, 9.17) is 5.26 Å². The molecule has 6 heteroatoms. The van der Waals surface area contributed by atoms with Crippen LogP contribution in [0.3, 0.4) is 0 Å². The molecule has 1 aliphatic rings. The quantitative estimate of drug-likeness (QED) is 0.614. The van der Waals surface area contributed by atoms with E-state index >= 15 is 0 Å². The SMILES string of the molecule is N#Cc1ccc(N2CCc3cc(-c4ccncc4)ccc3C2)cc1C(F)(F)F. The van der Waals surface area contributed by atoms with E-state index in [1.807, 2.05) is 29.2 Å². The molecular formula is C22H16F3N3. The Morgan fingerprint density at radius 2 is 1.71 bits per heavy atom. The second-order valence-corrected chi connectivity index (χ2v) is 6.73. The summed E-state index contributed by atoms with van der Waals surface area (Å²) in [6.45, 7) is 1.16. The molecule has 1 aromatic heterocycles. The molecule has 4 rings (SSSR count). The molecule has 3 aromatic rings. The van der Waals surface area contributed by atoms with Crippen molar-refractivity contribution in [3.8, 4) is 17.2 Å². The maximum absolute atomic E-state index is 13.3. The van der Waals surface area contributed by atoms with Crippen LogP contribution in [-0.2, 0) is 19.1 Å². The van der Waals surface area contributed by atoms with Crippen LogP contribution in [-0.4, -0.2) is 11.5 Å². The molecule has 0 aliphatic carbocycles. The van der Waals surface area contributed by atoms with Crippen molar-refractivity contribution >= 4 is 5.69 Å². The monoisotopic (exact) mass is 379 g/mol. The van der Waals surface area contributed by atoms with Gasteiger partial charge in [0.05, 0.1) is 17.2 Å². The molecular weight excluding hydrogens is 363 g/mol. The Bertz CT molecular complexity index is 1050. The van der Waals surface area contributed by atoms with Crippen molar-refractivity contribution in [2.24, 2.45) is 0 Å². The summed E-state index contributed by atoms with van der Waals surface area (Å²) in [5.74, 6) is 0. The zero-order chi connectivity index (χ0) is 19.7. The summed E-state index contributed by atoms with van der Waals surface area (Å²) >= 11 is 0. The van der Waals surface area contributed by atoms with E-state index in [2.05, 4.69) is 11.1 Å². The molecule has 3 nitrogen and oxygen atoms in total. The van der Waals surface area contributed by atoms with Gasteiger partial charge in [0.15, 0.2) is 0 Å². The lowest BCUT2D eigenvalue weighted by molar-refractivity contribution is -0.137. The third-order valence-corrected chi connectivity index (χ3v) is 5.03. The lowest BCUT2D eigenvalue weighted by Crippen LogP contribution is -2.30. The van der Waals surface area contributed by atoms with Crippen molar-refractivity contribution in [2.75, 3.05) is 11.4 Å². The van der Waals surface area contributed by atoms with Gasteiger partial charge >= 0.3 is 6.18 Å². The first-order valence-electron chi connectivity index (χ1n) is 8.84. The maximum Gasteiger partial charge on any atom is 0.417 e. The number of fused-ring (bicyclic) bond motifs is 1. The highest BCUT2D eigenvalue weighted by Gasteiger charge is 2.34. The van der Waals surface area contributed by atoms with Crippen LogP contribution in [0.25, 0.3) is 11.1 Å². The standard InChI is InChI=1S/C22H16F3N3/c23-22(24,25)21-12-20(4-3-18(21)13-26)28-10-7-17-11-16(1-2-19(17)14-28)15-5-8-27-9-6-15/h1-6,8-9,11-12H,7,10,14H2. The van der Waals surface area contributed by atoms with E-state index in [9.17, 15) is 13.2 Å². The smallest absolute Gasteiger partial charge is 0.367 e. The van der Waals surface area contributed by atoms with Gasteiger partial charge in [0.1, 0.15) is 0 Å². The number of halogens is 3. The molecule has 0 unspecified atom stereocenters. The molecule has 0 saturated heterocycles. The predicted octanol–water partition coefficient (Wildman–Crippen LogP) is 5.20. The summed E-state index contributed by atoms with van der Waals surface area (Å²) in [5, 5.41) is 8.97. The Balaban J connectivity index is 1.62. The van der Waals surface area contributed by atoms with Crippen LogP contribution in [0, 0.1) is 11.3 Å². The zero-order valence-electron chi connectivity index (χ0n) is 14.9. The Kier molecular flexibility index (Phi) is 4.52. The molecule has 0 N–H and O–H groups in total. The van der Waals surface area contributed by atoms with Gasteiger partial charge in [-0.15, -0.1) is 0 Å². The van der Waals surface area contributed by atoms with Crippen LogP contribution < -0.4 is 4.90 Å². The van der Waals surface area contributed by atoms with E-state index in [-0.39, 0.29) is 5.56 Å². The molecule has 0 radical (unpaired) electrons. The molecule has 2 aromatic carbocycles. The first kappa shape index (κ1) is 18.1. The molecule has 0 atom stereocenters. The number of hydrogen-bond acceptors (Lipinski definition) is 3. The van der Waals surface area contributed by atoms with Crippen molar-refractivity contribution in [1.82, 2.24) is 4.98 Å². The minimum absolute atomic E-state index is 0.351. The number of pyridine rings is 1. The number of rotatable bonds is 2. The van der Waals surface area contributed by atoms with Gasteiger partial charge in [-0.05, 0) is 59.0 Å². The normalized spacial score (nSPS) is 13.7. The van der Waals surface area contributed by atoms with Crippen molar-refractivity contribution in [2.45, 2.75) is 19.1 Å². The predicted molar refractivity (Wildman–Crippen MR) is 101 cm³/mol. The number of benzene rings is 2. The molecule has 140 valence electrons. The van der Waals surface area contributed by atoms with Gasteiger partial charge in [-0.1, -0.05) is 18.2 Å². The van der Waals surface area contributed by atoms with Crippen molar-refractivity contribution in [3.63, 3.8) is 0 Å². The summed E-state index contributed by atoms with van der Waals surface area (Å²) < 4.78 is 39.8. The van der Waals surface area contributed by atoms with E-state index in [0.29, 0.717) is 18.8 Å². The second kappa shape index (κ2) is 7.01. The molecule has 1 aliphatic heterocycles. The number of aromatic nitrogens is 1. The number of hydrogen-bond donors (Lipinski definition) is 0. The van der Waals surface area contributed by atoms with Gasteiger partial charge < -0.3 is 4.90 Å². The summed E-state index contributed by atoms with van der Waals surface area (Å²) in [4.78, 5) is 5.95. The highest BCUT2D eigenvalue weighted by Crippen LogP contribution is 2.36. The Morgan fingerprint density at radius 3 is 2.43 bits per heavy atom. The van der Waals surface area contributed by atoms with Gasteiger partial charge in [0.25, 0.3) is 0 Å². The number of nitriles is 1. The first-order valence-corrected chi connectivity index (χ1v) is 8.84. The van der Waals surface area contributed by atoms with Crippen LogP contribution in [0.1, 0.15) is 22.3 Å². The molecule has 0 bridgehead atoms. The van der Waals surface area contributed by atoms with Crippen molar-refractivity contribution in [3.05, 3.63) is 83.2 Å². The lowest BCUT2D eigenvalue weighted by atomic mass is 9.94. The second-order valence-electron chi connectivity index (χ2n) is 6.73. The van der Waals surface area contributed by atoms with E-state index < -0.39 is 11.7 Å². The third kappa shape index (κ3) is 3.44. The molecule has 0 spiro atoms. The minimum Gasteiger partial charge on any atom is -0.367 e. The van der Waals surface area contributed by atoms with E-state index in [1.54, 1.807) is 24.5 Å². The average Bonchev–Trinajstić information content (AvgIpc) is 2.72. The van der Waals surface area contributed by atoms with Crippen LogP contribution in [0.5, 0.6) is 0 Å². The maximum atomic E-state index is 13.3. The topological polar surface area (TPSA) is 39.9 Å². The summed E-state index contributed by atoms with van der Waals surface area (Å²) in [5.41, 5.74) is 3.74. The van der Waals surface area contributed by atoms with Crippen molar-refractivity contribution in [1.29, 1.82) is 5.26 Å². The van der Waals surface area contributed by atoms with Crippen LogP contribution in [0.2, 0.25) is 0 Å². The Hall–Kier alpha value is -3.33. The molecule has 0 amide bonds. The molecule has 2 heterocycles. The molecule has 0 fully saturated rings. The van der Waals surface area contributed by atoms with Crippen LogP contribution >= 0.6 is 0 Å². The van der Waals surface area contributed by atoms with Crippen LogP contribution in [0.15, 0.2) is 60.9 Å². The fourth-order valence-corrected chi connectivity index (χ4v) is 3.56. The highest BCUT2D eigenvalue weighted by atomic mass is 19.4. The average molecular weight is 379 g/mol. The zero-order valence-corrected chi connectivity index (χ0v) is 14.9. The van der Waals surface area contributed by atoms with Crippen molar-refractivity contribution < 1.29 is 13.2 Å². The highest BCUT2D eigenvalue weighted by molar-refractivity contribution is 5.65. The van der Waals surface area contributed by atoms with Gasteiger partial charge in [0, 0.05) is 31.2 Å². The fourth-order valence-electron chi connectivity index (χ4n) is 3.56.